The van der Waals surface area contributed by atoms with Gasteiger partial charge in [-0.2, -0.15) is 13.5 Å². The highest BCUT2D eigenvalue weighted by Gasteiger charge is 2.32. The molecule has 0 aliphatic rings. The zero-order valence-electron chi connectivity index (χ0n) is 5.49. The Balaban J connectivity index is 0. The van der Waals surface area contributed by atoms with Gasteiger partial charge in [0.1, 0.15) is 0 Å². The third kappa shape index (κ3) is 13.4. The average molecular weight is 331 g/mol. The zero-order chi connectivity index (χ0) is 9.99. The maximum Gasteiger partial charge on any atom is 0.515 e. The smallest absolute Gasteiger partial charge is 0.382 e. The molecule has 0 amide bonds. The van der Waals surface area contributed by atoms with Gasteiger partial charge in [-0.15, -0.1) is 0 Å². The molecule has 13 heavy (non-hydrogen) atoms. The molecule has 0 aliphatic carbocycles. The molecule has 0 radical (unpaired) electrons. The Bertz CT molecular complexity index is 155. The fourth-order valence-corrected chi connectivity index (χ4v) is 0.588. The van der Waals surface area contributed by atoms with E-state index >= 15 is 0 Å². The fourth-order valence-electron chi connectivity index (χ4n) is 0.210. The predicted octanol–water partition coefficient (Wildman–Crippen LogP) is 3.91. The summed E-state index contributed by atoms with van der Waals surface area (Å²) in [7, 11) is 0. The van der Waals surface area contributed by atoms with Crippen molar-refractivity contribution >= 4 is 89.3 Å². The number of halogens is 6. The van der Waals surface area contributed by atoms with Gasteiger partial charge in [-0.05, 0) is 69.6 Å². The summed E-state index contributed by atoms with van der Waals surface area (Å²) in [4.78, 5) is 10.5. The SMILES string of the molecule is O=C(OC(Cl)(Cl)Cl)OC(Cl)(Cl)Cl.S. The summed E-state index contributed by atoms with van der Waals surface area (Å²) in [6.07, 6.45) is -1.41. The summed E-state index contributed by atoms with van der Waals surface area (Å²) < 4.78 is 3.50. The van der Waals surface area contributed by atoms with Crippen LogP contribution in [0.2, 0.25) is 0 Å². The van der Waals surface area contributed by atoms with Crippen LogP contribution in [-0.4, -0.2) is 14.1 Å². The van der Waals surface area contributed by atoms with Crippen molar-refractivity contribution in [1.29, 1.82) is 0 Å². The minimum Gasteiger partial charge on any atom is -0.382 e. The summed E-state index contributed by atoms with van der Waals surface area (Å²) in [6.45, 7) is 0. The lowest BCUT2D eigenvalue weighted by Crippen LogP contribution is -2.22. The number of rotatable bonds is 0. The van der Waals surface area contributed by atoms with Crippen LogP contribution >= 0.6 is 83.1 Å². The van der Waals surface area contributed by atoms with Gasteiger partial charge in [0, 0.05) is 0 Å². The van der Waals surface area contributed by atoms with Gasteiger partial charge >= 0.3 is 14.1 Å². The van der Waals surface area contributed by atoms with E-state index in [2.05, 4.69) is 9.47 Å². The van der Waals surface area contributed by atoms with Crippen LogP contribution < -0.4 is 0 Å². The third-order valence-corrected chi connectivity index (χ3v) is 0.861. The van der Waals surface area contributed by atoms with Gasteiger partial charge in [-0.1, -0.05) is 0 Å². The Morgan fingerprint density at radius 1 is 0.846 bits per heavy atom. The molecule has 0 aromatic heterocycles. The van der Waals surface area contributed by atoms with Crippen LogP contribution in [0.3, 0.4) is 0 Å². The average Bonchev–Trinajstić information content (AvgIpc) is 1.49. The number of carbonyl (C=O) groups excluding carboxylic acids is 1. The maximum absolute atomic E-state index is 10.5. The molecular weight excluding hydrogens is 329 g/mol. The first-order valence-corrected chi connectivity index (χ1v) is 4.42. The van der Waals surface area contributed by atoms with Crippen LogP contribution in [-0.2, 0) is 9.47 Å². The van der Waals surface area contributed by atoms with Crippen molar-refractivity contribution in [3.63, 3.8) is 0 Å². The molecule has 0 spiro atoms. The second-order valence-electron chi connectivity index (χ2n) is 1.35. The largest absolute Gasteiger partial charge is 0.515 e. The maximum atomic E-state index is 10.5. The number of alkyl halides is 6. The van der Waals surface area contributed by atoms with Gasteiger partial charge in [0.2, 0.25) is 0 Å². The Hall–Kier alpha value is 1.36. The minimum absolute atomic E-state index is 0. The van der Waals surface area contributed by atoms with E-state index in [-0.39, 0.29) is 13.5 Å². The van der Waals surface area contributed by atoms with E-state index in [9.17, 15) is 4.79 Å². The highest BCUT2D eigenvalue weighted by atomic mass is 35.6. The summed E-state index contributed by atoms with van der Waals surface area (Å²) in [5.74, 6) is 0. The molecule has 0 N–H and O–H groups in total. The van der Waals surface area contributed by atoms with E-state index in [1.165, 1.54) is 0 Å². The van der Waals surface area contributed by atoms with Crippen molar-refractivity contribution in [2.45, 2.75) is 7.96 Å². The lowest BCUT2D eigenvalue weighted by Gasteiger charge is -2.15. The molecule has 3 nitrogen and oxygen atoms in total. The van der Waals surface area contributed by atoms with Crippen LogP contribution in [0.1, 0.15) is 0 Å². The van der Waals surface area contributed by atoms with E-state index < -0.39 is 14.1 Å². The van der Waals surface area contributed by atoms with Crippen molar-refractivity contribution in [3.8, 4) is 0 Å². The van der Waals surface area contributed by atoms with Crippen molar-refractivity contribution in [3.05, 3.63) is 0 Å². The molecule has 0 fully saturated rings. The molecule has 0 aliphatic heterocycles. The molecule has 0 rings (SSSR count). The van der Waals surface area contributed by atoms with Crippen LogP contribution in [0.25, 0.3) is 0 Å². The van der Waals surface area contributed by atoms with Gasteiger partial charge in [0.05, 0.1) is 0 Å². The van der Waals surface area contributed by atoms with Gasteiger partial charge in [-0.3, -0.25) is 0 Å². The molecule has 80 valence electrons. The number of ether oxygens (including phenoxy) is 2. The molecule has 0 saturated heterocycles. The first kappa shape index (κ1) is 16.8. The van der Waals surface area contributed by atoms with Gasteiger partial charge in [0.15, 0.2) is 0 Å². The number of hydrogen-bond acceptors (Lipinski definition) is 3. The van der Waals surface area contributed by atoms with Crippen molar-refractivity contribution < 1.29 is 14.3 Å². The highest BCUT2D eigenvalue weighted by molar-refractivity contribution is 7.59. The highest BCUT2D eigenvalue weighted by Crippen LogP contribution is 2.32. The molecule has 0 bridgehead atoms. The van der Waals surface area contributed by atoms with Gasteiger partial charge in [0.25, 0.3) is 0 Å². The molecule has 0 atom stereocenters. The number of hydrogen-bond donors (Lipinski definition) is 0. The Morgan fingerprint density at radius 2 is 1.08 bits per heavy atom. The van der Waals surface area contributed by atoms with E-state index in [1.807, 2.05) is 0 Å². The first-order chi connectivity index (χ1) is 5.10. The summed E-state index contributed by atoms with van der Waals surface area (Å²) in [6, 6.07) is 0. The standard InChI is InChI=1S/C3Cl6O3.H2S/c4-2(5,6)11-1(10)12-3(7,8)9;/h;1H2. The predicted molar refractivity (Wildman–Crippen MR) is 58.5 cm³/mol. The second kappa shape index (κ2) is 6.05. The molecule has 0 saturated carbocycles. The van der Waals surface area contributed by atoms with Crippen LogP contribution in [0.4, 0.5) is 4.79 Å². The summed E-state index contributed by atoms with van der Waals surface area (Å²) in [5, 5.41) is 0. The summed E-state index contributed by atoms with van der Waals surface area (Å²) >= 11 is 30.2. The lowest BCUT2D eigenvalue weighted by molar-refractivity contribution is 0.0508. The molecule has 0 aromatic carbocycles. The van der Waals surface area contributed by atoms with Crippen molar-refractivity contribution in [2.24, 2.45) is 0 Å². The number of carbonyl (C=O) groups is 1. The topological polar surface area (TPSA) is 35.5 Å². The van der Waals surface area contributed by atoms with Crippen LogP contribution in [0.15, 0.2) is 0 Å². The molecule has 0 aromatic rings. The monoisotopic (exact) mass is 328 g/mol. The van der Waals surface area contributed by atoms with E-state index in [0.717, 1.165) is 0 Å². The van der Waals surface area contributed by atoms with Crippen molar-refractivity contribution in [1.82, 2.24) is 0 Å². The van der Waals surface area contributed by atoms with Crippen LogP contribution in [0.5, 0.6) is 0 Å². The lowest BCUT2D eigenvalue weighted by atomic mass is 11.3. The fraction of sp³-hybridized carbons (Fsp3) is 0.667. The second-order valence-corrected chi connectivity index (χ2v) is 5.70. The van der Waals surface area contributed by atoms with E-state index in [1.54, 1.807) is 0 Å². The molecular formula is C3H2Cl6O3S. The van der Waals surface area contributed by atoms with Gasteiger partial charge in [-0.25, -0.2) is 4.79 Å². The molecule has 10 heteroatoms. The zero-order valence-corrected chi connectivity index (χ0v) is 11.0. The van der Waals surface area contributed by atoms with E-state index in [0.29, 0.717) is 0 Å². The third-order valence-electron chi connectivity index (χ3n) is 0.398. The van der Waals surface area contributed by atoms with Crippen molar-refractivity contribution in [2.75, 3.05) is 0 Å². The first-order valence-electron chi connectivity index (χ1n) is 2.15. The molecule has 0 unspecified atom stereocenters. The van der Waals surface area contributed by atoms with Gasteiger partial charge < -0.3 is 9.47 Å². The minimum atomic E-state index is -2.24. The summed E-state index contributed by atoms with van der Waals surface area (Å²) in [5.41, 5.74) is 0. The molecule has 0 heterocycles. The quantitative estimate of drug-likeness (QED) is 0.499. The normalized spacial score (nSPS) is 11.5. The Morgan fingerprint density at radius 3 is 1.23 bits per heavy atom. The van der Waals surface area contributed by atoms with Crippen LogP contribution in [0, 0.1) is 0 Å². The Kier molecular flexibility index (Phi) is 7.81. The van der Waals surface area contributed by atoms with E-state index in [4.69, 9.17) is 69.6 Å². The Labute approximate surface area is 111 Å².